The number of methoxy groups -OCH3 is 1. The molecule has 1 aromatic carbocycles. The fourth-order valence-corrected chi connectivity index (χ4v) is 2.25. The molecule has 2 N–H and O–H groups in total. The lowest BCUT2D eigenvalue weighted by molar-refractivity contribution is 0.181. The zero-order chi connectivity index (χ0) is 12.2. The van der Waals surface area contributed by atoms with Crippen LogP contribution in [0.3, 0.4) is 0 Å². The second-order valence-corrected chi connectivity index (χ2v) is 5.81. The molecule has 0 aliphatic heterocycles. The Balaban J connectivity index is 2.91. The summed E-state index contributed by atoms with van der Waals surface area (Å²) in [6.45, 7) is 2.04. The number of sulfone groups is 1. The molecule has 90 valence electrons. The van der Waals surface area contributed by atoms with E-state index in [1.54, 1.807) is 38.3 Å². The number of hydrogen-bond donors (Lipinski definition) is 1. The summed E-state index contributed by atoms with van der Waals surface area (Å²) in [5, 5.41) is 0. The molecule has 5 heteroatoms. The van der Waals surface area contributed by atoms with Crippen molar-refractivity contribution in [3.05, 3.63) is 29.8 Å². The lowest BCUT2D eigenvalue weighted by Gasteiger charge is -2.11. The van der Waals surface area contributed by atoms with Crippen LogP contribution < -0.4 is 5.73 Å². The summed E-state index contributed by atoms with van der Waals surface area (Å²) in [4.78, 5) is 0.336. The van der Waals surface area contributed by atoms with Gasteiger partial charge in [0.2, 0.25) is 0 Å². The normalized spacial score (nSPS) is 13.7. The molecule has 1 aromatic rings. The van der Waals surface area contributed by atoms with E-state index in [1.165, 1.54) is 0 Å². The van der Waals surface area contributed by atoms with Gasteiger partial charge in [0.1, 0.15) is 0 Å². The van der Waals surface area contributed by atoms with E-state index in [0.717, 1.165) is 5.56 Å². The van der Waals surface area contributed by atoms with E-state index in [9.17, 15) is 8.42 Å². The number of ether oxygens (including phenoxy) is 1. The fourth-order valence-electron chi connectivity index (χ4n) is 1.36. The van der Waals surface area contributed by atoms with Gasteiger partial charge in [-0.05, 0) is 17.7 Å². The summed E-state index contributed by atoms with van der Waals surface area (Å²) in [6.07, 6.45) is 0. The molecule has 1 unspecified atom stereocenters. The van der Waals surface area contributed by atoms with E-state index >= 15 is 0 Å². The minimum atomic E-state index is -3.13. The lowest BCUT2D eigenvalue weighted by Crippen LogP contribution is -2.16. The highest BCUT2D eigenvalue weighted by molar-refractivity contribution is 7.91. The van der Waals surface area contributed by atoms with Gasteiger partial charge < -0.3 is 10.5 Å². The molecule has 1 atom stereocenters. The quantitative estimate of drug-likeness (QED) is 0.841. The summed E-state index contributed by atoms with van der Waals surface area (Å²) in [5.74, 6) is 0.108. The molecule has 0 bridgehead atoms. The molecule has 0 saturated carbocycles. The van der Waals surface area contributed by atoms with Gasteiger partial charge in [-0.1, -0.05) is 19.1 Å². The van der Waals surface area contributed by atoms with Crippen molar-refractivity contribution in [3.63, 3.8) is 0 Å². The molecule has 16 heavy (non-hydrogen) atoms. The number of hydrogen-bond acceptors (Lipinski definition) is 4. The van der Waals surface area contributed by atoms with Crippen LogP contribution in [-0.4, -0.2) is 27.9 Å². The van der Waals surface area contributed by atoms with Crippen molar-refractivity contribution >= 4 is 9.84 Å². The first kappa shape index (κ1) is 13.2. The van der Waals surface area contributed by atoms with Gasteiger partial charge in [0, 0.05) is 7.11 Å². The Labute approximate surface area is 96.3 Å². The van der Waals surface area contributed by atoms with Crippen LogP contribution in [0.5, 0.6) is 0 Å². The maximum atomic E-state index is 11.6. The first-order chi connectivity index (χ1) is 7.51. The molecule has 0 heterocycles. The molecule has 0 aromatic heterocycles. The zero-order valence-corrected chi connectivity index (χ0v) is 10.3. The maximum Gasteiger partial charge on any atom is 0.178 e. The monoisotopic (exact) mass is 243 g/mol. The Morgan fingerprint density at radius 3 is 2.31 bits per heavy atom. The highest BCUT2D eigenvalue weighted by Gasteiger charge is 2.12. The fraction of sp³-hybridized carbons (Fsp3) is 0.455. The van der Waals surface area contributed by atoms with Crippen molar-refractivity contribution in [3.8, 4) is 0 Å². The molecule has 0 radical (unpaired) electrons. The minimum Gasteiger partial charge on any atom is -0.383 e. The highest BCUT2D eigenvalue weighted by Crippen LogP contribution is 2.16. The number of rotatable bonds is 5. The topological polar surface area (TPSA) is 69.4 Å². The molecular weight excluding hydrogens is 226 g/mol. The van der Waals surface area contributed by atoms with Crippen LogP contribution >= 0.6 is 0 Å². The van der Waals surface area contributed by atoms with E-state index < -0.39 is 9.84 Å². The third-order valence-corrected chi connectivity index (χ3v) is 4.14. The highest BCUT2D eigenvalue weighted by atomic mass is 32.2. The SMILES string of the molecule is CCS(=O)(=O)c1ccc(C(N)COC)cc1. The third-order valence-electron chi connectivity index (χ3n) is 2.39. The average molecular weight is 243 g/mol. The van der Waals surface area contributed by atoms with Crippen LogP contribution in [0.2, 0.25) is 0 Å². The van der Waals surface area contributed by atoms with Crippen LogP contribution in [0.25, 0.3) is 0 Å². The Morgan fingerprint density at radius 2 is 1.88 bits per heavy atom. The molecule has 0 saturated heterocycles. The zero-order valence-electron chi connectivity index (χ0n) is 9.51. The second-order valence-electron chi connectivity index (χ2n) is 3.53. The standard InChI is InChI=1S/C11H17NO3S/c1-3-16(13,14)10-6-4-9(5-7-10)11(12)8-15-2/h4-7,11H,3,8,12H2,1-2H3. The van der Waals surface area contributed by atoms with E-state index in [-0.39, 0.29) is 11.8 Å². The van der Waals surface area contributed by atoms with Gasteiger partial charge in [-0.15, -0.1) is 0 Å². The molecule has 0 aliphatic rings. The van der Waals surface area contributed by atoms with Crippen molar-refractivity contribution < 1.29 is 13.2 Å². The van der Waals surface area contributed by atoms with Gasteiger partial charge in [0.25, 0.3) is 0 Å². The van der Waals surface area contributed by atoms with E-state index in [0.29, 0.717) is 11.5 Å². The van der Waals surface area contributed by atoms with Crippen molar-refractivity contribution in [2.75, 3.05) is 19.5 Å². The molecule has 0 aliphatic carbocycles. The molecule has 0 spiro atoms. The van der Waals surface area contributed by atoms with Gasteiger partial charge in [-0.25, -0.2) is 8.42 Å². The summed E-state index contributed by atoms with van der Waals surface area (Å²) >= 11 is 0. The first-order valence-electron chi connectivity index (χ1n) is 5.08. The van der Waals surface area contributed by atoms with E-state index in [4.69, 9.17) is 10.5 Å². The third kappa shape index (κ3) is 3.04. The van der Waals surface area contributed by atoms with Gasteiger partial charge in [-0.3, -0.25) is 0 Å². The van der Waals surface area contributed by atoms with E-state index in [1.807, 2.05) is 0 Å². The summed E-state index contributed by atoms with van der Waals surface area (Å²) in [6, 6.07) is 6.41. The second kappa shape index (κ2) is 5.43. The summed E-state index contributed by atoms with van der Waals surface area (Å²) < 4.78 is 28.0. The Kier molecular flexibility index (Phi) is 4.46. The van der Waals surface area contributed by atoms with E-state index in [2.05, 4.69) is 0 Å². The number of nitrogens with two attached hydrogens (primary N) is 1. The lowest BCUT2D eigenvalue weighted by atomic mass is 10.1. The predicted molar refractivity (Wildman–Crippen MR) is 63.0 cm³/mol. The summed E-state index contributed by atoms with van der Waals surface area (Å²) in [5.41, 5.74) is 6.69. The van der Waals surface area contributed by atoms with Crippen LogP contribution in [-0.2, 0) is 14.6 Å². The first-order valence-corrected chi connectivity index (χ1v) is 6.73. The van der Waals surface area contributed by atoms with Gasteiger partial charge in [0.15, 0.2) is 9.84 Å². The van der Waals surface area contributed by atoms with Crippen molar-refractivity contribution in [2.24, 2.45) is 5.73 Å². The minimum absolute atomic E-state index is 0.108. The molecule has 0 amide bonds. The summed E-state index contributed by atoms with van der Waals surface area (Å²) in [7, 11) is -1.55. The average Bonchev–Trinajstić information content (AvgIpc) is 2.29. The smallest absolute Gasteiger partial charge is 0.178 e. The molecule has 4 nitrogen and oxygen atoms in total. The van der Waals surface area contributed by atoms with Crippen molar-refractivity contribution in [1.82, 2.24) is 0 Å². The molecular formula is C11H17NO3S. The van der Waals surface area contributed by atoms with Crippen molar-refractivity contribution in [2.45, 2.75) is 17.9 Å². The Hall–Kier alpha value is -0.910. The number of benzene rings is 1. The maximum absolute atomic E-state index is 11.6. The van der Waals surface area contributed by atoms with Crippen LogP contribution in [0.4, 0.5) is 0 Å². The van der Waals surface area contributed by atoms with Crippen LogP contribution in [0.15, 0.2) is 29.2 Å². The van der Waals surface area contributed by atoms with Crippen LogP contribution in [0.1, 0.15) is 18.5 Å². The predicted octanol–water partition coefficient (Wildman–Crippen LogP) is 1.13. The van der Waals surface area contributed by atoms with Crippen molar-refractivity contribution in [1.29, 1.82) is 0 Å². The molecule has 1 rings (SSSR count). The van der Waals surface area contributed by atoms with Crippen LogP contribution in [0, 0.1) is 0 Å². The van der Waals surface area contributed by atoms with Gasteiger partial charge in [-0.2, -0.15) is 0 Å². The largest absolute Gasteiger partial charge is 0.383 e. The molecule has 0 fully saturated rings. The Bertz CT molecular complexity index is 425. The Morgan fingerprint density at radius 1 is 1.31 bits per heavy atom. The van der Waals surface area contributed by atoms with Gasteiger partial charge >= 0.3 is 0 Å². The van der Waals surface area contributed by atoms with Gasteiger partial charge in [0.05, 0.1) is 23.3 Å².